The van der Waals surface area contributed by atoms with Gasteiger partial charge < -0.3 is 15.6 Å². The molecule has 0 aliphatic carbocycles. The first kappa shape index (κ1) is 13.2. The van der Waals surface area contributed by atoms with Crippen molar-refractivity contribution in [1.29, 1.82) is 5.26 Å². The first-order valence-electron chi connectivity index (χ1n) is 5.66. The number of rotatable bonds is 3. The van der Waals surface area contributed by atoms with Gasteiger partial charge in [0.15, 0.2) is 0 Å². The van der Waals surface area contributed by atoms with E-state index in [4.69, 9.17) is 20.8 Å². The third-order valence-electron chi connectivity index (χ3n) is 2.46. The molecular formula is C14H11N3O3. The maximum absolute atomic E-state index is 10.5. The molecule has 4 N–H and O–H groups in total. The van der Waals surface area contributed by atoms with Gasteiger partial charge in [-0.25, -0.2) is 4.79 Å². The molecule has 100 valence electrons. The van der Waals surface area contributed by atoms with Crippen molar-refractivity contribution in [3.05, 3.63) is 48.0 Å². The summed E-state index contributed by atoms with van der Waals surface area (Å²) in [6, 6.07) is 13.1. The summed E-state index contributed by atoms with van der Waals surface area (Å²) in [5.41, 5.74) is 6.84. The third kappa shape index (κ3) is 3.17. The highest BCUT2D eigenvalue weighted by atomic mass is 16.5. The van der Waals surface area contributed by atoms with E-state index in [9.17, 15) is 4.79 Å². The molecule has 2 aromatic rings. The van der Waals surface area contributed by atoms with Crippen LogP contribution in [0.15, 0.2) is 42.5 Å². The summed E-state index contributed by atoms with van der Waals surface area (Å²) in [6.45, 7) is 0. The summed E-state index contributed by atoms with van der Waals surface area (Å²) in [4.78, 5) is 10.5. The fourth-order valence-electron chi connectivity index (χ4n) is 1.58. The lowest BCUT2D eigenvalue weighted by Gasteiger charge is -2.08. The normalized spacial score (nSPS) is 9.55. The standard InChI is InChI=1S/C14H11N3O3/c15-8-9-7-10(16)1-6-13(9)20-12-4-2-11(3-5-12)17-14(18)19/h1-7,17H,16H2,(H,18,19). The summed E-state index contributed by atoms with van der Waals surface area (Å²) in [5, 5.41) is 19.8. The summed E-state index contributed by atoms with van der Waals surface area (Å²) >= 11 is 0. The summed E-state index contributed by atoms with van der Waals surface area (Å²) in [6.07, 6.45) is -1.14. The van der Waals surface area contributed by atoms with Crippen LogP contribution in [0.2, 0.25) is 0 Å². The molecule has 0 atom stereocenters. The van der Waals surface area contributed by atoms with Crippen LogP contribution >= 0.6 is 0 Å². The minimum atomic E-state index is -1.14. The van der Waals surface area contributed by atoms with Crippen LogP contribution in [0.3, 0.4) is 0 Å². The van der Waals surface area contributed by atoms with Crippen molar-refractivity contribution in [2.24, 2.45) is 0 Å². The van der Waals surface area contributed by atoms with Crippen molar-refractivity contribution in [3.63, 3.8) is 0 Å². The van der Waals surface area contributed by atoms with Crippen molar-refractivity contribution in [1.82, 2.24) is 0 Å². The Morgan fingerprint density at radius 2 is 1.95 bits per heavy atom. The maximum Gasteiger partial charge on any atom is 0.409 e. The number of benzene rings is 2. The van der Waals surface area contributed by atoms with E-state index in [2.05, 4.69) is 5.32 Å². The average molecular weight is 269 g/mol. The van der Waals surface area contributed by atoms with E-state index >= 15 is 0 Å². The minimum Gasteiger partial charge on any atom is -0.465 e. The second-order valence-corrected chi connectivity index (χ2v) is 3.92. The molecule has 0 aliphatic rings. The Hall–Kier alpha value is -3.20. The Labute approximate surface area is 115 Å². The van der Waals surface area contributed by atoms with Gasteiger partial charge >= 0.3 is 6.09 Å². The summed E-state index contributed by atoms with van der Waals surface area (Å²) < 4.78 is 5.56. The number of hydrogen-bond donors (Lipinski definition) is 3. The fourth-order valence-corrected chi connectivity index (χ4v) is 1.58. The molecule has 2 aromatic carbocycles. The van der Waals surface area contributed by atoms with Crippen LogP contribution in [0.25, 0.3) is 0 Å². The predicted octanol–water partition coefficient (Wildman–Crippen LogP) is 3.02. The molecule has 0 spiro atoms. The molecule has 0 aliphatic heterocycles. The van der Waals surface area contributed by atoms with Crippen LogP contribution < -0.4 is 15.8 Å². The van der Waals surface area contributed by atoms with Gasteiger partial charge in [-0.2, -0.15) is 5.26 Å². The zero-order valence-electron chi connectivity index (χ0n) is 10.3. The first-order valence-corrected chi connectivity index (χ1v) is 5.66. The molecule has 2 rings (SSSR count). The van der Waals surface area contributed by atoms with Gasteiger partial charge in [-0.05, 0) is 42.5 Å². The third-order valence-corrected chi connectivity index (χ3v) is 2.46. The quantitative estimate of drug-likeness (QED) is 0.742. The van der Waals surface area contributed by atoms with E-state index in [-0.39, 0.29) is 0 Å². The molecule has 0 unspecified atom stereocenters. The van der Waals surface area contributed by atoms with Gasteiger partial charge in [0.25, 0.3) is 0 Å². The number of nitrogens with zero attached hydrogens (tertiary/aromatic N) is 1. The number of nitriles is 1. The SMILES string of the molecule is N#Cc1cc(N)ccc1Oc1ccc(NC(=O)O)cc1. The monoisotopic (exact) mass is 269 g/mol. The van der Waals surface area contributed by atoms with Crippen LogP contribution in [0.4, 0.5) is 16.2 Å². The summed E-state index contributed by atoms with van der Waals surface area (Å²) in [7, 11) is 0. The number of carboxylic acid groups (broad SMARTS) is 1. The van der Waals surface area contributed by atoms with E-state index in [1.165, 1.54) is 6.07 Å². The Kier molecular flexibility index (Phi) is 3.72. The number of ether oxygens (including phenoxy) is 1. The van der Waals surface area contributed by atoms with Gasteiger partial charge in [0.05, 0.1) is 5.56 Å². The molecule has 6 nitrogen and oxygen atoms in total. The smallest absolute Gasteiger partial charge is 0.409 e. The molecule has 0 bridgehead atoms. The molecule has 0 fully saturated rings. The molecule has 0 saturated carbocycles. The second-order valence-electron chi connectivity index (χ2n) is 3.92. The second kappa shape index (κ2) is 5.63. The highest BCUT2D eigenvalue weighted by Gasteiger charge is 2.05. The Balaban J connectivity index is 2.18. The molecule has 20 heavy (non-hydrogen) atoms. The van der Waals surface area contributed by atoms with E-state index in [0.717, 1.165) is 0 Å². The van der Waals surface area contributed by atoms with Crippen molar-refractivity contribution in [2.75, 3.05) is 11.1 Å². The molecule has 0 heterocycles. The van der Waals surface area contributed by atoms with Crippen molar-refractivity contribution < 1.29 is 14.6 Å². The largest absolute Gasteiger partial charge is 0.465 e. The first-order chi connectivity index (χ1) is 9.58. The van der Waals surface area contributed by atoms with Gasteiger partial charge in [0, 0.05) is 11.4 Å². The van der Waals surface area contributed by atoms with E-state index in [1.54, 1.807) is 36.4 Å². The Morgan fingerprint density at radius 3 is 2.55 bits per heavy atom. The van der Waals surface area contributed by atoms with E-state index < -0.39 is 6.09 Å². The van der Waals surface area contributed by atoms with E-state index in [0.29, 0.717) is 28.4 Å². The van der Waals surface area contributed by atoms with Crippen LogP contribution in [0.5, 0.6) is 11.5 Å². The lowest BCUT2D eigenvalue weighted by molar-refractivity contribution is 0.209. The Bertz CT molecular complexity index is 675. The minimum absolute atomic E-state index is 0.331. The molecule has 0 aromatic heterocycles. The highest BCUT2D eigenvalue weighted by molar-refractivity contribution is 5.82. The van der Waals surface area contributed by atoms with Crippen LogP contribution in [0, 0.1) is 11.3 Å². The topological polar surface area (TPSA) is 108 Å². The van der Waals surface area contributed by atoms with Gasteiger partial charge in [-0.15, -0.1) is 0 Å². The maximum atomic E-state index is 10.5. The molecule has 1 amide bonds. The highest BCUT2D eigenvalue weighted by Crippen LogP contribution is 2.27. The number of anilines is 2. The number of nitrogens with two attached hydrogens (primary N) is 1. The molecule has 6 heteroatoms. The van der Waals surface area contributed by atoms with Crippen molar-refractivity contribution >= 4 is 17.5 Å². The van der Waals surface area contributed by atoms with Crippen molar-refractivity contribution in [2.45, 2.75) is 0 Å². The zero-order chi connectivity index (χ0) is 14.5. The van der Waals surface area contributed by atoms with E-state index in [1.807, 2.05) is 6.07 Å². The van der Waals surface area contributed by atoms with Gasteiger partial charge in [0.2, 0.25) is 0 Å². The zero-order valence-corrected chi connectivity index (χ0v) is 10.3. The molecular weight excluding hydrogens is 258 g/mol. The predicted molar refractivity (Wildman–Crippen MR) is 73.7 cm³/mol. The number of hydrogen-bond acceptors (Lipinski definition) is 4. The van der Waals surface area contributed by atoms with Gasteiger partial charge in [-0.1, -0.05) is 0 Å². The number of amides is 1. The lowest BCUT2D eigenvalue weighted by Crippen LogP contribution is -2.06. The van der Waals surface area contributed by atoms with Crippen molar-refractivity contribution in [3.8, 4) is 17.6 Å². The average Bonchev–Trinajstić information content (AvgIpc) is 2.42. The summed E-state index contributed by atoms with van der Waals surface area (Å²) in [5.74, 6) is 0.878. The fraction of sp³-hybridized carbons (Fsp3) is 0. The van der Waals surface area contributed by atoms with Gasteiger partial charge in [0.1, 0.15) is 17.6 Å². The number of nitrogens with one attached hydrogen (secondary N) is 1. The number of nitrogen functional groups attached to an aromatic ring is 1. The van der Waals surface area contributed by atoms with Gasteiger partial charge in [-0.3, -0.25) is 5.32 Å². The molecule has 0 radical (unpaired) electrons. The van der Waals surface area contributed by atoms with Crippen LogP contribution in [-0.4, -0.2) is 11.2 Å². The lowest BCUT2D eigenvalue weighted by atomic mass is 10.2. The molecule has 0 saturated heterocycles. The van der Waals surface area contributed by atoms with Crippen LogP contribution in [0.1, 0.15) is 5.56 Å². The number of carbonyl (C=O) groups is 1. The van der Waals surface area contributed by atoms with Crippen LogP contribution in [-0.2, 0) is 0 Å². The Morgan fingerprint density at radius 1 is 1.25 bits per heavy atom.